The van der Waals surface area contributed by atoms with Crippen LogP contribution in [-0.4, -0.2) is 52.4 Å². The molecule has 2 aromatic carbocycles. The Balaban J connectivity index is 2.34. The van der Waals surface area contributed by atoms with Crippen LogP contribution >= 0.6 is 23.2 Å². The molecule has 0 aliphatic rings. The number of hydrogen-bond acceptors (Lipinski definition) is 10. The van der Waals surface area contributed by atoms with E-state index in [1.807, 2.05) is 0 Å². The summed E-state index contributed by atoms with van der Waals surface area (Å²) >= 11 is 12.1. The third kappa shape index (κ3) is 12.9. The van der Waals surface area contributed by atoms with Crippen molar-refractivity contribution in [2.75, 3.05) is 0 Å². The Morgan fingerprint density at radius 2 is 0.875 bits per heavy atom. The van der Waals surface area contributed by atoms with Gasteiger partial charge in [0.2, 0.25) is 6.29 Å². The van der Waals surface area contributed by atoms with Crippen LogP contribution < -0.4 is 10.6 Å². The molecule has 0 bridgehead atoms. The maximum absolute atomic E-state index is 13.5. The molecule has 0 heterocycles. The van der Waals surface area contributed by atoms with E-state index in [-0.39, 0.29) is 11.1 Å². The molecule has 0 saturated heterocycles. The normalized spacial score (nSPS) is 13.0. The summed E-state index contributed by atoms with van der Waals surface area (Å²) in [5.74, 6) is -2.79. The minimum absolute atomic E-state index is 0.0282. The number of benzene rings is 2. The lowest BCUT2D eigenvalue weighted by atomic mass is 10.0. The lowest BCUT2D eigenvalue weighted by molar-refractivity contribution is -0.176. The third-order valence-corrected chi connectivity index (χ3v) is 6.77. The number of nitrogens with one attached hydrogen (secondary N) is 2. The maximum atomic E-state index is 13.5. The molecule has 0 aliphatic carbocycles. The maximum Gasteiger partial charge on any atom is 0.343 e. The SMILES string of the molecule is CC(OC(=O)/C(=C/NC(C)(C)C(=O)OC(C)(C)C)c1ccc(Cl)cc1)OC(=O)/C(=C/NC(C)(C)C(=O)OC(C)(C)C)c1ccc(Cl)cc1. The highest BCUT2D eigenvalue weighted by atomic mass is 35.5. The molecule has 0 atom stereocenters. The second-order valence-corrected chi connectivity index (χ2v) is 14.9. The number of rotatable bonds is 12. The molecule has 0 aliphatic heterocycles. The van der Waals surface area contributed by atoms with E-state index in [9.17, 15) is 19.2 Å². The molecule has 0 aromatic heterocycles. The van der Waals surface area contributed by atoms with E-state index in [0.29, 0.717) is 21.2 Å². The summed E-state index contributed by atoms with van der Waals surface area (Å²) in [6.45, 7) is 18.3. The Bertz CT molecular complexity index is 1420. The van der Waals surface area contributed by atoms with Crippen molar-refractivity contribution in [2.24, 2.45) is 0 Å². The summed E-state index contributed by atoms with van der Waals surface area (Å²) < 4.78 is 22.1. The van der Waals surface area contributed by atoms with E-state index in [4.69, 9.17) is 42.1 Å². The fourth-order valence-corrected chi connectivity index (χ4v) is 3.92. The first-order valence-electron chi connectivity index (χ1n) is 15.3. The van der Waals surface area contributed by atoms with Gasteiger partial charge >= 0.3 is 23.9 Å². The number of halogens is 2. The first-order chi connectivity index (χ1) is 21.9. The number of ether oxygens (including phenoxy) is 4. The monoisotopic (exact) mass is 704 g/mol. The standard InChI is InChI=1S/C36H46Cl2N2O8/c1-22(45-29(41)27(23-12-16-25(37)17-13-23)20-39-35(8,9)31(43)47-33(2,3)4)46-30(42)28(24-14-18-26(38)19-15-24)21-40-36(10,11)32(44)48-34(5,6)7/h12-22,39-40H,1-11H3/b27-20+,28-21+. The highest BCUT2D eigenvalue weighted by molar-refractivity contribution is 6.31. The molecular weight excluding hydrogens is 659 g/mol. The van der Waals surface area contributed by atoms with Crippen molar-refractivity contribution in [3.05, 3.63) is 82.1 Å². The van der Waals surface area contributed by atoms with E-state index in [1.165, 1.54) is 19.3 Å². The zero-order valence-electron chi connectivity index (χ0n) is 29.4. The van der Waals surface area contributed by atoms with Gasteiger partial charge in [-0.05, 0) is 105 Å². The number of esters is 4. The number of carbonyl (C=O) groups is 4. The number of carbonyl (C=O) groups excluding carboxylic acids is 4. The lowest BCUT2D eigenvalue weighted by Crippen LogP contribution is -2.47. The summed E-state index contributed by atoms with van der Waals surface area (Å²) in [6.07, 6.45) is 1.31. The smallest absolute Gasteiger partial charge is 0.343 e. The fourth-order valence-electron chi connectivity index (χ4n) is 3.67. The molecule has 262 valence electrons. The predicted molar refractivity (Wildman–Crippen MR) is 187 cm³/mol. The van der Waals surface area contributed by atoms with E-state index in [1.54, 1.807) is 118 Å². The van der Waals surface area contributed by atoms with E-state index >= 15 is 0 Å². The zero-order chi connectivity index (χ0) is 36.7. The topological polar surface area (TPSA) is 129 Å². The second kappa shape index (κ2) is 15.9. The van der Waals surface area contributed by atoms with Crippen molar-refractivity contribution < 1.29 is 38.1 Å². The van der Waals surface area contributed by atoms with Crippen molar-refractivity contribution in [3.8, 4) is 0 Å². The molecule has 2 N–H and O–H groups in total. The van der Waals surface area contributed by atoms with Gasteiger partial charge < -0.3 is 29.6 Å². The Morgan fingerprint density at radius 1 is 0.583 bits per heavy atom. The van der Waals surface area contributed by atoms with Crippen molar-refractivity contribution in [1.29, 1.82) is 0 Å². The quantitative estimate of drug-likeness (QED) is 0.101. The highest BCUT2D eigenvalue weighted by Crippen LogP contribution is 2.24. The summed E-state index contributed by atoms with van der Waals surface area (Å²) in [6, 6.07) is 12.8. The van der Waals surface area contributed by atoms with Crippen LogP contribution in [0.15, 0.2) is 60.9 Å². The van der Waals surface area contributed by atoms with Crippen LogP contribution in [0.25, 0.3) is 11.1 Å². The largest absolute Gasteiger partial charge is 0.458 e. The predicted octanol–water partition coefficient (Wildman–Crippen LogP) is 7.23. The van der Waals surface area contributed by atoms with Gasteiger partial charge in [0.1, 0.15) is 22.3 Å². The van der Waals surface area contributed by atoms with Gasteiger partial charge in [-0.1, -0.05) is 47.5 Å². The van der Waals surface area contributed by atoms with Crippen LogP contribution in [-0.2, 0) is 38.1 Å². The molecule has 0 fully saturated rings. The van der Waals surface area contributed by atoms with Gasteiger partial charge in [-0.25, -0.2) is 19.2 Å². The molecule has 0 radical (unpaired) electrons. The molecule has 0 amide bonds. The first kappa shape index (κ1) is 40.2. The minimum Gasteiger partial charge on any atom is -0.458 e. The molecule has 0 unspecified atom stereocenters. The van der Waals surface area contributed by atoms with Gasteiger partial charge in [-0.3, -0.25) is 0 Å². The van der Waals surface area contributed by atoms with Crippen LogP contribution in [0.4, 0.5) is 0 Å². The van der Waals surface area contributed by atoms with E-state index < -0.39 is 52.4 Å². The van der Waals surface area contributed by atoms with Crippen LogP contribution in [0, 0.1) is 0 Å². The van der Waals surface area contributed by atoms with Crippen molar-refractivity contribution in [3.63, 3.8) is 0 Å². The average Bonchev–Trinajstić information content (AvgIpc) is 2.93. The van der Waals surface area contributed by atoms with Gasteiger partial charge in [0.25, 0.3) is 0 Å². The number of hydrogen-bond donors (Lipinski definition) is 2. The van der Waals surface area contributed by atoms with Crippen LogP contribution in [0.1, 0.15) is 87.3 Å². The van der Waals surface area contributed by atoms with Gasteiger partial charge in [0, 0.05) is 29.4 Å². The summed E-state index contributed by atoms with van der Waals surface area (Å²) in [4.78, 5) is 52.6. The highest BCUT2D eigenvalue weighted by Gasteiger charge is 2.34. The summed E-state index contributed by atoms with van der Waals surface area (Å²) in [5.41, 5.74) is -2.99. The van der Waals surface area contributed by atoms with E-state index in [0.717, 1.165) is 0 Å². The van der Waals surface area contributed by atoms with Gasteiger partial charge in [-0.2, -0.15) is 0 Å². The molecular formula is C36H46Cl2N2O8. The average molecular weight is 706 g/mol. The summed E-state index contributed by atoms with van der Waals surface area (Å²) in [5, 5.41) is 6.78. The van der Waals surface area contributed by atoms with Crippen LogP contribution in [0.3, 0.4) is 0 Å². The Morgan fingerprint density at radius 3 is 1.15 bits per heavy atom. The Labute approximate surface area is 293 Å². The molecule has 0 spiro atoms. The molecule has 0 saturated carbocycles. The van der Waals surface area contributed by atoms with Crippen LogP contribution in [0.5, 0.6) is 0 Å². The van der Waals surface area contributed by atoms with Gasteiger partial charge in [0.15, 0.2) is 0 Å². The van der Waals surface area contributed by atoms with Crippen molar-refractivity contribution >= 4 is 58.2 Å². The van der Waals surface area contributed by atoms with Gasteiger partial charge in [-0.15, -0.1) is 0 Å². The summed E-state index contributed by atoms with van der Waals surface area (Å²) in [7, 11) is 0. The Hall–Kier alpha value is -4.02. The molecule has 48 heavy (non-hydrogen) atoms. The molecule has 2 aromatic rings. The second-order valence-electron chi connectivity index (χ2n) is 14.1. The van der Waals surface area contributed by atoms with Gasteiger partial charge in [0.05, 0.1) is 11.1 Å². The minimum atomic E-state index is -1.37. The first-order valence-corrected chi connectivity index (χ1v) is 16.0. The molecule has 12 heteroatoms. The van der Waals surface area contributed by atoms with Crippen molar-refractivity contribution in [2.45, 2.75) is 105 Å². The van der Waals surface area contributed by atoms with E-state index in [2.05, 4.69) is 10.6 Å². The molecule has 2 rings (SSSR count). The molecule has 10 nitrogen and oxygen atoms in total. The van der Waals surface area contributed by atoms with Crippen LogP contribution in [0.2, 0.25) is 10.0 Å². The lowest BCUT2D eigenvalue weighted by Gasteiger charge is -2.29. The zero-order valence-corrected chi connectivity index (χ0v) is 30.9. The van der Waals surface area contributed by atoms with Crippen molar-refractivity contribution in [1.82, 2.24) is 10.6 Å². The fraction of sp³-hybridized carbons (Fsp3) is 0.444. The Kier molecular flexibility index (Phi) is 13.3. The third-order valence-electron chi connectivity index (χ3n) is 6.27.